The monoisotopic (exact) mass is 248 g/mol. The van der Waals surface area contributed by atoms with Crippen LogP contribution in [0.4, 0.5) is 5.82 Å². The molecule has 1 N–H and O–H groups in total. The van der Waals surface area contributed by atoms with Gasteiger partial charge in [-0.25, -0.2) is 9.78 Å². The number of aliphatic carboxylic acids is 1. The molecule has 18 heavy (non-hydrogen) atoms. The standard InChI is InChI=1S/C12H12N2O4/c15-12(16)10-7-14(4-6-18-10)11-8-2-5-17-9(8)1-3-13-11/h1-3,5,10H,4,6-7H2,(H,15,16). The van der Waals surface area contributed by atoms with E-state index < -0.39 is 12.1 Å². The van der Waals surface area contributed by atoms with Gasteiger partial charge >= 0.3 is 5.97 Å². The SMILES string of the molecule is O=C(O)C1CN(c2nccc3occc23)CCO1. The summed E-state index contributed by atoms with van der Waals surface area (Å²) in [7, 11) is 0. The van der Waals surface area contributed by atoms with E-state index in [1.807, 2.05) is 11.0 Å². The number of rotatable bonds is 2. The second-order valence-corrected chi connectivity index (χ2v) is 4.11. The maximum Gasteiger partial charge on any atom is 0.334 e. The fourth-order valence-electron chi connectivity index (χ4n) is 2.12. The Morgan fingerprint density at radius 1 is 1.50 bits per heavy atom. The molecule has 2 aromatic heterocycles. The third kappa shape index (κ3) is 1.80. The van der Waals surface area contributed by atoms with Crippen molar-refractivity contribution in [1.82, 2.24) is 4.98 Å². The van der Waals surface area contributed by atoms with Crippen molar-refractivity contribution in [3.05, 3.63) is 24.6 Å². The molecule has 3 heterocycles. The second kappa shape index (κ2) is 4.30. The largest absolute Gasteiger partial charge is 0.479 e. The van der Waals surface area contributed by atoms with Crippen molar-refractivity contribution in [2.24, 2.45) is 0 Å². The van der Waals surface area contributed by atoms with Gasteiger partial charge in [-0.1, -0.05) is 0 Å². The predicted molar refractivity (Wildman–Crippen MR) is 63.6 cm³/mol. The minimum atomic E-state index is -0.945. The summed E-state index contributed by atoms with van der Waals surface area (Å²) >= 11 is 0. The van der Waals surface area contributed by atoms with Crippen LogP contribution in [0.15, 0.2) is 29.0 Å². The molecular weight excluding hydrogens is 236 g/mol. The number of carboxylic acid groups (broad SMARTS) is 1. The fourth-order valence-corrected chi connectivity index (χ4v) is 2.12. The van der Waals surface area contributed by atoms with Crippen LogP contribution in [-0.4, -0.2) is 41.9 Å². The molecule has 1 unspecified atom stereocenters. The van der Waals surface area contributed by atoms with Gasteiger partial charge in [0.05, 0.1) is 24.8 Å². The van der Waals surface area contributed by atoms with Crippen LogP contribution in [-0.2, 0) is 9.53 Å². The number of furan rings is 1. The van der Waals surface area contributed by atoms with Gasteiger partial charge in [-0.05, 0) is 12.1 Å². The number of hydrogen-bond donors (Lipinski definition) is 1. The van der Waals surface area contributed by atoms with E-state index in [0.717, 1.165) is 16.8 Å². The van der Waals surface area contributed by atoms with E-state index in [9.17, 15) is 4.79 Å². The van der Waals surface area contributed by atoms with Crippen LogP contribution in [0.1, 0.15) is 0 Å². The Bertz CT molecular complexity index is 580. The number of morpholine rings is 1. The summed E-state index contributed by atoms with van der Waals surface area (Å²) in [5, 5.41) is 9.88. The number of fused-ring (bicyclic) bond motifs is 1. The van der Waals surface area contributed by atoms with E-state index in [0.29, 0.717) is 19.7 Å². The van der Waals surface area contributed by atoms with Gasteiger partial charge in [0, 0.05) is 12.7 Å². The Morgan fingerprint density at radius 2 is 2.39 bits per heavy atom. The first-order valence-corrected chi connectivity index (χ1v) is 5.67. The summed E-state index contributed by atoms with van der Waals surface area (Å²) in [5.41, 5.74) is 0.748. The van der Waals surface area contributed by atoms with Crippen LogP contribution in [0.2, 0.25) is 0 Å². The van der Waals surface area contributed by atoms with Crippen LogP contribution in [0.25, 0.3) is 11.0 Å². The Labute approximate surface area is 103 Å². The molecule has 6 nitrogen and oxygen atoms in total. The van der Waals surface area contributed by atoms with E-state index in [1.165, 1.54) is 0 Å². The molecule has 1 atom stereocenters. The minimum Gasteiger partial charge on any atom is -0.479 e. The lowest BCUT2D eigenvalue weighted by Crippen LogP contribution is -2.46. The van der Waals surface area contributed by atoms with E-state index in [1.54, 1.807) is 18.5 Å². The summed E-state index contributed by atoms with van der Waals surface area (Å²) < 4.78 is 10.5. The van der Waals surface area contributed by atoms with Gasteiger partial charge in [-0.3, -0.25) is 0 Å². The zero-order chi connectivity index (χ0) is 12.5. The molecule has 1 fully saturated rings. The maximum absolute atomic E-state index is 11.0. The average molecular weight is 248 g/mol. The second-order valence-electron chi connectivity index (χ2n) is 4.11. The van der Waals surface area contributed by atoms with Crippen molar-refractivity contribution in [3.63, 3.8) is 0 Å². The fraction of sp³-hybridized carbons (Fsp3) is 0.333. The zero-order valence-corrected chi connectivity index (χ0v) is 9.57. The van der Waals surface area contributed by atoms with E-state index in [4.69, 9.17) is 14.3 Å². The van der Waals surface area contributed by atoms with Crippen LogP contribution in [0, 0.1) is 0 Å². The van der Waals surface area contributed by atoms with E-state index in [-0.39, 0.29) is 0 Å². The summed E-state index contributed by atoms with van der Waals surface area (Å²) in [6.07, 6.45) is 2.46. The molecular formula is C12H12N2O4. The normalized spacial score (nSPS) is 20.2. The highest BCUT2D eigenvalue weighted by Crippen LogP contribution is 2.26. The highest BCUT2D eigenvalue weighted by Gasteiger charge is 2.27. The lowest BCUT2D eigenvalue weighted by Gasteiger charge is -2.31. The number of carbonyl (C=O) groups is 1. The number of hydrogen-bond acceptors (Lipinski definition) is 5. The molecule has 0 amide bonds. The number of pyridine rings is 1. The van der Waals surface area contributed by atoms with Crippen molar-refractivity contribution in [2.75, 3.05) is 24.6 Å². The average Bonchev–Trinajstić information content (AvgIpc) is 2.87. The van der Waals surface area contributed by atoms with Crippen molar-refractivity contribution in [1.29, 1.82) is 0 Å². The van der Waals surface area contributed by atoms with Crippen molar-refractivity contribution >= 4 is 22.8 Å². The van der Waals surface area contributed by atoms with Crippen LogP contribution in [0.3, 0.4) is 0 Å². The highest BCUT2D eigenvalue weighted by molar-refractivity contribution is 5.88. The molecule has 0 saturated carbocycles. The number of aromatic nitrogens is 1. The van der Waals surface area contributed by atoms with Crippen molar-refractivity contribution in [2.45, 2.75) is 6.10 Å². The molecule has 1 saturated heterocycles. The van der Waals surface area contributed by atoms with Gasteiger partial charge in [0.2, 0.25) is 0 Å². The Hall–Kier alpha value is -2.08. The van der Waals surface area contributed by atoms with E-state index >= 15 is 0 Å². The maximum atomic E-state index is 11.0. The van der Waals surface area contributed by atoms with Crippen molar-refractivity contribution < 1.29 is 19.1 Å². The van der Waals surface area contributed by atoms with Gasteiger partial charge < -0.3 is 19.2 Å². The zero-order valence-electron chi connectivity index (χ0n) is 9.57. The van der Waals surface area contributed by atoms with Gasteiger partial charge in [-0.2, -0.15) is 0 Å². The van der Waals surface area contributed by atoms with E-state index in [2.05, 4.69) is 4.98 Å². The predicted octanol–water partition coefficient (Wildman–Crippen LogP) is 1.12. The molecule has 6 heteroatoms. The van der Waals surface area contributed by atoms with Crippen LogP contribution < -0.4 is 4.90 Å². The smallest absolute Gasteiger partial charge is 0.334 e. The summed E-state index contributed by atoms with van der Waals surface area (Å²) in [5.74, 6) is -0.199. The number of nitrogens with zero attached hydrogens (tertiary/aromatic N) is 2. The molecule has 94 valence electrons. The number of ether oxygens (including phenoxy) is 1. The third-order valence-electron chi connectivity index (χ3n) is 3.00. The van der Waals surface area contributed by atoms with Crippen LogP contribution >= 0.6 is 0 Å². The quantitative estimate of drug-likeness (QED) is 0.858. The molecule has 2 aromatic rings. The molecule has 1 aliphatic heterocycles. The van der Waals surface area contributed by atoms with Crippen LogP contribution in [0.5, 0.6) is 0 Å². The molecule has 1 aliphatic rings. The summed E-state index contributed by atoms with van der Waals surface area (Å²) in [4.78, 5) is 17.2. The Kier molecular flexibility index (Phi) is 2.64. The third-order valence-corrected chi connectivity index (χ3v) is 3.00. The highest BCUT2D eigenvalue weighted by atomic mass is 16.5. The van der Waals surface area contributed by atoms with Gasteiger partial charge in [-0.15, -0.1) is 0 Å². The first kappa shape index (κ1) is 11.0. The number of anilines is 1. The summed E-state index contributed by atoms with van der Waals surface area (Å²) in [6.45, 7) is 1.31. The first-order chi connectivity index (χ1) is 8.75. The lowest BCUT2D eigenvalue weighted by molar-refractivity contribution is -0.150. The molecule has 0 bridgehead atoms. The minimum absolute atomic E-state index is 0.298. The lowest BCUT2D eigenvalue weighted by atomic mass is 10.2. The molecule has 0 aromatic carbocycles. The van der Waals surface area contributed by atoms with Gasteiger partial charge in [0.25, 0.3) is 0 Å². The molecule has 3 rings (SSSR count). The first-order valence-electron chi connectivity index (χ1n) is 5.67. The van der Waals surface area contributed by atoms with Gasteiger partial charge in [0.15, 0.2) is 6.10 Å². The van der Waals surface area contributed by atoms with Gasteiger partial charge in [0.1, 0.15) is 11.4 Å². The number of carboxylic acids is 1. The molecule has 0 radical (unpaired) electrons. The summed E-state index contributed by atoms with van der Waals surface area (Å²) in [6, 6.07) is 3.62. The molecule has 0 aliphatic carbocycles. The molecule has 0 spiro atoms. The topological polar surface area (TPSA) is 75.8 Å². The Balaban J connectivity index is 1.94. The Morgan fingerprint density at radius 3 is 3.22 bits per heavy atom. The van der Waals surface area contributed by atoms with Crippen molar-refractivity contribution in [3.8, 4) is 0 Å².